The number of unbranched alkanes of at least 4 members (excludes halogenated alkanes) is 22. The third-order valence-corrected chi connectivity index (χ3v) is 8.18. The van der Waals surface area contributed by atoms with Crippen LogP contribution in [-0.2, 0) is 4.74 Å². The van der Waals surface area contributed by atoms with Gasteiger partial charge in [-0.25, -0.2) is 4.79 Å². The molecular formula is C33H63NO4. The number of ether oxygens (including phenoxy) is 1. The van der Waals surface area contributed by atoms with Crippen molar-refractivity contribution >= 4 is 6.09 Å². The highest BCUT2D eigenvalue weighted by molar-refractivity contribution is 5.67. The van der Waals surface area contributed by atoms with Gasteiger partial charge in [0.05, 0.1) is 18.8 Å². The lowest BCUT2D eigenvalue weighted by Crippen LogP contribution is -2.50. The molecule has 2 atom stereocenters. The van der Waals surface area contributed by atoms with Crippen LogP contribution in [-0.4, -0.2) is 45.7 Å². The third-order valence-electron chi connectivity index (χ3n) is 8.18. The first-order valence-electron chi connectivity index (χ1n) is 16.4. The van der Waals surface area contributed by atoms with Gasteiger partial charge in [-0.2, -0.15) is 0 Å². The molecule has 1 amide bonds. The minimum atomic E-state index is -1.05. The molecule has 38 heavy (non-hydrogen) atoms. The van der Waals surface area contributed by atoms with Gasteiger partial charge in [0.1, 0.15) is 5.72 Å². The van der Waals surface area contributed by atoms with Crippen LogP contribution in [0.1, 0.15) is 168 Å². The van der Waals surface area contributed by atoms with Crippen LogP contribution in [0, 0.1) is 0 Å². The Morgan fingerprint density at radius 2 is 1.13 bits per heavy atom. The first kappa shape index (κ1) is 35.0. The van der Waals surface area contributed by atoms with Crippen LogP contribution in [0.3, 0.4) is 0 Å². The van der Waals surface area contributed by atoms with Crippen molar-refractivity contribution in [2.75, 3.05) is 6.61 Å². The fourth-order valence-corrected chi connectivity index (χ4v) is 5.69. The number of rotatable bonds is 25. The third kappa shape index (κ3) is 16.8. The standard InChI is InChI=1S/C33H63NO4/c1-4-5-6-7-8-9-10-11-12-13-14-15-16-17-18-19-20-21-22-23-24-25-26-27-28-31(35)30-29-38-33(2,3)34(30)32(36)37/h27-28,30-31,35H,4-26,29H2,1-3H3,(H,36,37)/b28-27+/t30-,31+/m0/s1. The summed E-state index contributed by atoms with van der Waals surface area (Å²) in [7, 11) is 0. The van der Waals surface area contributed by atoms with Crippen LogP contribution in [0.4, 0.5) is 4.79 Å². The molecule has 1 heterocycles. The van der Waals surface area contributed by atoms with Crippen molar-refractivity contribution in [2.24, 2.45) is 0 Å². The van der Waals surface area contributed by atoms with Gasteiger partial charge in [0.25, 0.3) is 0 Å². The molecule has 1 saturated heterocycles. The van der Waals surface area contributed by atoms with Gasteiger partial charge in [-0.15, -0.1) is 0 Å². The summed E-state index contributed by atoms with van der Waals surface area (Å²) in [6.45, 7) is 5.96. The Hall–Kier alpha value is -1.07. The molecule has 1 aliphatic rings. The molecule has 1 rings (SSSR count). The van der Waals surface area contributed by atoms with Crippen LogP contribution >= 0.6 is 0 Å². The number of hydrogen-bond acceptors (Lipinski definition) is 3. The quantitative estimate of drug-likeness (QED) is 0.0897. The molecule has 5 nitrogen and oxygen atoms in total. The Morgan fingerprint density at radius 1 is 0.763 bits per heavy atom. The summed E-state index contributed by atoms with van der Waals surface area (Å²) < 4.78 is 5.56. The fraction of sp³-hybridized carbons (Fsp3) is 0.909. The molecule has 0 aromatic carbocycles. The molecule has 0 aromatic rings. The van der Waals surface area contributed by atoms with E-state index in [1.807, 2.05) is 6.08 Å². The second kappa shape index (κ2) is 22.7. The lowest BCUT2D eigenvalue weighted by atomic mass is 10.0. The minimum absolute atomic E-state index is 0.226. The van der Waals surface area contributed by atoms with Crippen LogP contribution < -0.4 is 0 Å². The average Bonchev–Trinajstić information content (AvgIpc) is 3.21. The topological polar surface area (TPSA) is 70.0 Å². The summed E-state index contributed by atoms with van der Waals surface area (Å²) in [6.07, 6.45) is 33.4. The molecule has 2 N–H and O–H groups in total. The van der Waals surface area contributed by atoms with E-state index in [-0.39, 0.29) is 6.61 Å². The Kier molecular flexibility index (Phi) is 20.9. The molecule has 1 aliphatic heterocycles. The maximum absolute atomic E-state index is 11.5. The molecule has 1 fully saturated rings. The van der Waals surface area contributed by atoms with E-state index in [4.69, 9.17) is 4.74 Å². The summed E-state index contributed by atoms with van der Waals surface area (Å²) in [5.41, 5.74) is -0.891. The van der Waals surface area contributed by atoms with Crippen molar-refractivity contribution in [3.63, 3.8) is 0 Å². The SMILES string of the molecule is CCCCCCCCCCCCCCCCCCCCCCCC/C=C/[C@@H](O)[C@@H]1COC(C)(C)N1C(=O)O. The monoisotopic (exact) mass is 537 g/mol. The zero-order valence-corrected chi connectivity index (χ0v) is 25.4. The molecule has 0 unspecified atom stereocenters. The smallest absolute Gasteiger partial charge is 0.410 e. The second-order valence-corrected chi connectivity index (χ2v) is 12.1. The number of allylic oxidation sites excluding steroid dienone is 1. The molecular weight excluding hydrogens is 474 g/mol. The summed E-state index contributed by atoms with van der Waals surface area (Å²) in [6, 6.07) is -0.539. The normalized spacial score (nSPS) is 18.0. The number of carbonyl (C=O) groups is 1. The van der Waals surface area contributed by atoms with E-state index in [1.54, 1.807) is 19.9 Å². The van der Waals surface area contributed by atoms with Gasteiger partial charge in [-0.3, -0.25) is 4.90 Å². The van der Waals surface area contributed by atoms with Crippen LogP contribution in [0.25, 0.3) is 0 Å². The molecule has 224 valence electrons. The van der Waals surface area contributed by atoms with Crippen molar-refractivity contribution < 1.29 is 19.7 Å². The van der Waals surface area contributed by atoms with Gasteiger partial charge in [-0.1, -0.05) is 154 Å². The lowest BCUT2D eigenvalue weighted by molar-refractivity contribution is -0.0450. The van der Waals surface area contributed by atoms with Crippen LogP contribution in [0.15, 0.2) is 12.2 Å². The molecule has 0 aliphatic carbocycles. The zero-order valence-electron chi connectivity index (χ0n) is 25.4. The van der Waals surface area contributed by atoms with E-state index in [0.29, 0.717) is 0 Å². The summed E-state index contributed by atoms with van der Waals surface area (Å²) in [5, 5.41) is 19.8. The molecule has 5 heteroatoms. The molecule has 0 radical (unpaired) electrons. The minimum Gasteiger partial charge on any atom is -0.465 e. The number of carboxylic acid groups (broad SMARTS) is 1. The van der Waals surface area contributed by atoms with Gasteiger partial charge in [-0.05, 0) is 26.7 Å². The number of aliphatic hydroxyl groups excluding tert-OH is 1. The van der Waals surface area contributed by atoms with Crippen molar-refractivity contribution in [2.45, 2.75) is 186 Å². The van der Waals surface area contributed by atoms with E-state index < -0.39 is 24.0 Å². The Labute approximate surface area is 235 Å². The highest BCUT2D eigenvalue weighted by Crippen LogP contribution is 2.29. The van der Waals surface area contributed by atoms with E-state index >= 15 is 0 Å². The van der Waals surface area contributed by atoms with Crippen molar-refractivity contribution in [1.29, 1.82) is 0 Å². The average molecular weight is 538 g/mol. The van der Waals surface area contributed by atoms with Crippen molar-refractivity contribution in [1.82, 2.24) is 4.90 Å². The van der Waals surface area contributed by atoms with Crippen LogP contribution in [0.5, 0.6) is 0 Å². The summed E-state index contributed by atoms with van der Waals surface area (Å²) in [5.74, 6) is 0. The van der Waals surface area contributed by atoms with E-state index in [0.717, 1.165) is 12.8 Å². The lowest BCUT2D eigenvalue weighted by Gasteiger charge is -2.32. The molecule has 0 spiro atoms. The van der Waals surface area contributed by atoms with E-state index in [2.05, 4.69) is 6.92 Å². The second-order valence-electron chi connectivity index (χ2n) is 12.1. The Balaban J connectivity index is 1.82. The van der Waals surface area contributed by atoms with Crippen molar-refractivity contribution in [3.05, 3.63) is 12.2 Å². The van der Waals surface area contributed by atoms with Gasteiger partial charge < -0.3 is 14.9 Å². The van der Waals surface area contributed by atoms with Gasteiger partial charge in [0.15, 0.2) is 0 Å². The number of hydrogen-bond donors (Lipinski definition) is 2. The number of amides is 1. The first-order chi connectivity index (χ1) is 18.4. The van der Waals surface area contributed by atoms with Gasteiger partial charge in [0, 0.05) is 0 Å². The Bertz CT molecular complexity index is 592. The van der Waals surface area contributed by atoms with Crippen LogP contribution in [0.2, 0.25) is 0 Å². The molecule has 0 saturated carbocycles. The predicted octanol–water partition coefficient (Wildman–Crippen LogP) is 10.0. The highest BCUT2D eigenvalue weighted by atomic mass is 16.5. The van der Waals surface area contributed by atoms with E-state index in [1.165, 1.54) is 140 Å². The molecule has 0 bridgehead atoms. The number of aliphatic hydroxyl groups is 1. The van der Waals surface area contributed by atoms with Crippen molar-refractivity contribution in [3.8, 4) is 0 Å². The summed E-state index contributed by atoms with van der Waals surface area (Å²) in [4.78, 5) is 12.7. The van der Waals surface area contributed by atoms with E-state index in [9.17, 15) is 15.0 Å². The number of nitrogens with zero attached hydrogens (tertiary/aromatic N) is 1. The highest BCUT2D eigenvalue weighted by Gasteiger charge is 2.46. The fourth-order valence-electron chi connectivity index (χ4n) is 5.69. The largest absolute Gasteiger partial charge is 0.465 e. The predicted molar refractivity (Wildman–Crippen MR) is 161 cm³/mol. The molecule has 0 aromatic heterocycles. The first-order valence-corrected chi connectivity index (χ1v) is 16.4. The Morgan fingerprint density at radius 3 is 1.50 bits per heavy atom. The maximum Gasteiger partial charge on any atom is 0.410 e. The summed E-state index contributed by atoms with van der Waals surface area (Å²) >= 11 is 0. The zero-order chi connectivity index (χ0) is 27.9. The maximum atomic E-state index is 11.5. The van der Waals surface area contributed by atoms with Gasteiger partial charge >= 0.3 is 6.09 Å². The van der Waals surface area contributed by atoms with Gasteiger partial charge in [0.2, 0.25) is 0 Å².